The van der Waals surface area contributed by atoms with Gasteiger partial charge in [-0.05, 0) is 49.9 Å². The molecule has 2 rings (SSSR count). The van der Waals surface area contributed by atoms with Gasteiger partial charge in [-0.1, -0.05) is 13.8 Å². The van der Waals surface area contributed by atoms with Gasteiger partial charge in [-0.25, -0.2) is 8.42 Å². The number of ether oxygens (including phenoxy) is 1. The standard InChI is InChI=1S/C13H23ClO3S/c1-12(2)4-6-13(7-5-12)9-11(3-8-17-13)10-18(14,15)16/h11H,3-10H2,1-2H3. The average Bonchev–Trinajstić information content (AvgIpc) is 2.21. The molecule has 18 heavy (non-hydrogen) atoms. The second kappa shape index (κ2) is 4.95. The second-order valence-corrected chi connectivity index (χ2v) is 9.58. The molecule has 0 N–H and O–H groups in total. The highest BCUT2D eigenvalue weighted by Gasteiger charge is 2.43. The van der Waals surface area contributed by atoms with E-state index in [-0.39, 0.29) is 17.3 Å². The zero-order chi connectivity index (χ0) is 13.4. The van der Waals surface area contributed by atoms with Gasteiger partial charge in [0.25, 0.3) is 0 Å². The molecule has 0 amide bonds. The van der Waals surface area contributed by atoms with Crippen LogP contribution in [0.5, 0.6) is 0 Å². The molecule has 1 aliphatic heterocycles. The van der Waals surface area contributed by atoms with Crippen molar-refractivity contribution in [3.63, 3.8) is 0 Å². The maximum absolute atomic E-state index is 11.2. The molecule has 5 heteroatoms. The zero-order valence-corrected chi connectivity index (χ0v) is 12.8. The van der Waals surface area contributed by atoms with Crippen LogP contribution in [0, 0.1) is 11.3 Å². The molecule has 2 aliphatic rings. The third kappa shape index (κ3) is 3.84. The van der Waals surface area contributed by atoms with Crippen molar-refractivity contribution in [3.05, 3.63) is 0 Å². The topological polar surface area (TPSA) is 43.4 Å². The molecule has 1 unspecified atom stereocenters. The van der Waals surface area contributed by atoms with Crippen molar-refractivity contribution >= 4 is 19.7 Å². The number of hydrogen-bond donors (Lipinski definition) is 0. The summed E-state index contributed by atoms with van der Waals surface area (Å²) in [5, 5.41) is 0. The van der Waals surface area contributed by atoms with Crippen molar-refractivity contribution in [3.8, 4) is 0 Å². The second-order valence-electron chi connectivity index (χ2n) is 6.76. The van der Waals surface area contributed by atoms with Gasteiger partial charge in [-0.15, -0.1) is 0 Å². The van der Waals surface area contributed by atoms with Crippen LogP contribution in [0.3, 0.4) is 0 Å². The Morgan fingerprint density at radius 1 is 1.22 bits per heavy atom. The molecule has 0 aromatic heterocycles. The minimum absolute atomic E-state index is 0.0694. The summed E-state index contributed by atoms with van der Waals surface area (Å²) in [6.07, 6.45) is 6.10. The average molecular weight is 295 g/mol. The van der Waals surface area contributed by atoms with Crippen molar-refractivity contribution in [2.24, 2.45) is 11.3 Å². The van der Waals surface area contributed by atoms with Crippen LogP contribution in [0.2, 0.25) is 0 Å². The van der Waals surface area contributed by atoms with Crippen molar-refractivity contribution in [1.29, 1.82) is 0 Å². The maximum atomic E-state index is 11.2. The summed E-state index contributed by atoms with van der Waals surface area (Å²) in [5.74, 6) is 0.269. The fraction of sp³-hybridized carbons (Fsp3) is 1.00. The third-order valence-electron chi connectivity index (χ3n) is 4.54. The molecule has 1 heterocycles. The van der Waals surface area contributed by atoms with Gasteiger partial charge in [-0.2, -0.15) is 0 Å². The minimum atomic E-state index is -3.39. The number of halogens is 1. The Labute approximate surface area is 115 Å². The molecular formula is C13H23ClO3S. The highest BCUT2D eigenvalue weighted by atomic mass is 35.7. The van der Waals surface area contributed by atoms with E-state index in [1.165, 1.54) is 0 Å². The molecular weight excluding hydrogens is 272 g/mol. The van der Waals surface area contributed by atoms with E-state index >= 15 is 0 Å². The fourth-order valence-corrected chi connectivity index (χ4v) is 4.67. The van der Waals surface area contributed by atoms with Gasteiger partial charge in [-0.3, -0.25) is 0 Å². The van der Waals surface area contributed by atoms with Gasteiger partial charge in [0.1, 0.15) is 0 Å². The van der Waals surface area contributed by atoms with Crippen LogP contribution in [-0.2, 0) is 13.8 Å². The molecule has 1 spiro atoms. The lowest BCUT2D eigenvalue weighted by molar-refractivity contribution is -0.127. The number of hydrogen-bond acceptors (Lipinski definition) is 3. The maximum Gasteiger partial charge on any atom is 0.232 e. The summed E-state index contributed by atoms with van der Waals surface area (Å²) in [4.78, 5) is 0. The van der Waals surface area contributed by atoms with E-state index in [2.05, 4.69) is 13.8 Å². The normalized spacial score (nSPS) is 31.4. The van der Waals surface area contributed by atoms with Gasteiger partial charge in [0, 0.05) is 17.3 Å². The SMILES string of the molecule is CC1(C)CCC2(CC1)CC(CS(=O)(=O)Cl)CCO2. The predicted octanol–water partition coefficient (Wildman–Crippen LogP) is 3.32. The summed E-state index contributed by atoms with van der Waals surface area (Å²) in [6, 6.07) is 0. The molecule has 0 aromatic carbocycles. The molecule has 1 aliphatic carbocycles. The Bertz CT molecular complexity index is 392. The van der Waals surface area contributed by atoms with Crippen LogP contribution < -0.4 is 0 Å². The Morgan fingerprint density at radius 2 is 1.83 bits per heavy atom. The lowest BCUT2D eigenvalue weighted by Gasteiger charge is -2.47. The largest absolute Gasteiger partial charge is 0.375 e. The van der Waals surface area contributed by atoms with Crippen LogP contribution >= 0.6 is 10.7 Å². The fourth-order valence-electron chi connectivity index (χ4n) is 3.28. The lowest BCUT2D eigenvalue weighted by Crippen LogP contribution is -2.45. The van der Waals surface area contributed by atoms with Crippen molar-refractivity contribution < 1.29 is 13.2 Å². The molecule has 0 bridgehead atoms. The van der Waals surface area contributed by atoms with Crippen molar-refractivity contribution in [2.45, 2.75) is 58.0 Å². The first-order valence-electron chi connectivity index (χ1n) is 6.76. The summed E-state index contributed by atoms with van der Waals surface area (Å²) >= 11 is 0. The van der Waals surface area contributed by atoms with E-state index in [9.17, 15) is 8.42 Å². The molecule has 0 radical (unpaired) electrons. The van der Waals surface area contributed by atoms with Crippen LogP contribution in [0.15, 0.2) is 0 Å². The number of rotatable bonds is 2. The Hall–Kier alpha value is 0.200. The highest BCUT2D eigenvalue weighted by molar-refractivity contribution is 8.13. The first-order valence-corrected chi connectivity index (χ1v) is 9.24. The third-order valence-corrected chi connectivity index (χ3v) is 5.79. The van der Waals surface area contributed by atoms with Crippen LogP contribution in [0.4, 0.5) is 0 Å². The summed E-state index contributed by atoms with van der Waals surface area (Å²) in [6.45, 7) is 5.27. The lowest BCUT2D eigenvalue weighted by atomic mass is 9.67. The van der Waals surface area contributed by atoms with E-state index in [4.69, 9.17) is 15.4 Å². The van der Waals surface area contributed by atoms with Crippen LogP contribution in [0.1, 0.15) is 52.4 Å². The molecule has 1 saturated carbocycles. The van der Waals surface area contributed by atoms with Gasteiger partial charge >= 0.3 is 0 Å². The van der Waals surface area contributed by atoms with Gasteiger partial charge in [0.2, 0.25) is 9.05 Å². The minimum Gasteiger partial charge on any atom is -0.375 e. The first kappa shape index (κ1) is 14.6. The first-order chi connectivity index (χ1) is 8.20. The Kier molecular flexibility index (Phi) is 4.02. The van der Waals surface area contributed by atoms with Crippen LogP contribution in [-0.4, -0.2) is 26.4 Å². The quantitative estimate of drug-likeness (QED) is 0.734. The monoisotopic (exact) mass is 294 g/mol. The summed E-state index contributed by atoms with van der Waals surface area (Å²) in [5.41, 5.74) is 0.333. The molecule has 3 nitrogen and oxygen atoms in total. The van der Waals surface area contributed by atoms with E-state index in [0.717, 1.165) is 38.5 Å². The van der Waals surface area contributed by atoms with Gasteiger partial charge in [0.15, 0.2) is 0 Å². The van der Waals surface area contributed by atoms with E-state index in [0.29, 0.717) is 12.0 Å². The van der Waals surface area contributed by atoms with E-state index in [1.54, 1.807) is 0 Å². The van der Waals surface area contributed by atoms with Crippen LogP contribution in [0.25, 0.3) is 0 Å². The van der Waals surface area contributed by atoms with Gasteiger partial charge in [0.05, 0.1) is 11.4 Å². The predicted molar refractivity (Wildman–Crippen MR) is 73.3 cm³/mol. The smallest absolute Gasteiger partial charge is 0.232 e. The highest BCUT2D eigenvalue weighted by Crippen LogP contribution is 2.47. The van der Waals surface area contributed by atoms with Gasteiger partial charge < -0.3 is 4.74 Å². The van der Waals surface area contributed by atoms with E-state index < -0.39 is 9.05 Å². The molecule has 1 atom stereocenters. The Balaban J connectivity index is 1.98. The molecule has 2 fully saturated rings. The zero-order valence-electron chi connectivity index (χ0n) is 11.2. The van der Waals surface area contributed by atoms with Crippen molar-refractivity contribution in [1.82, 2.24) is 0 Å². The molecule has 0 aromatic rings. The molecule has 106 valence electrons. The molecule has 1 saturated heterocycles. The Morgan fingerprint density at radius 3 is 2.39 bits per heavy atom. The van der Waals surface area contributed by atoms with Crippen molar-refractivity contribution in [2.75, 3.05) is 12.4 Å². The summed E-state index contributed by atoms with van der Waals surface area (Å²) in [7, 11) is 1.99. The summed E-state index contributed by atoms with van der Waals surface area (Å²) < 4.78 is 28.4. The van der Waals surface area contributed by atoms with E-state index in [1.807, 2.05) is 0 Å².